The first-order chi connectivity index (χ1) is 22.4. The molecule has 6 heteroatoms. The number of aromatic hydroxyl groups is 1. The number of halogens is 1. The maximum absolute atomic E-state index is 11.1. The largest absolute Gasteiger partial charge is 0.508 e. The lowest BCUT2D eigenvalue weighted by Gasteiger charge is -2.25. The molecule has 8 rings (SSSR count). The highest BCUT2D eigenvalue weighted by atomic mass is 35.5. The lowest BCUT2D eigenvalue weighted by atomic mass is 9.80. The van der Waals surface area contributed by atoms with Gasteiger partial charge in [0.2, 0.25) is 0 Å². The van der Waals surface area contributed by atoms with Gasteiger partial charge in [0.1, 0.15) is 5.75 Å². The van der Waals surface area contributed by atoms with E-state index in [1.807, 2.05) is 42.5 Å². The van der Waals surface area contributed by atoms with Crippen LogP contribution in [0.15, 0.2) is 104 Å². The zero-order chi connectivity index (χ0) is 31.8. The molecule has 0 aliphatic heterocycles. The molecule has 1 aliphatic rings. The van der Waals surface area contributed by atoms with Gasteiger partial charge in [-0.1, -0.05) is 73.5 Å². The Hall–Kier alpha value is -5.00. The fourth-order valence-electron chi connectivity index (χ4n) is 6.83. The van der Waals surface area contributed by atoms with Crippen molar-refractivity contribution in [3.05, 3.63) is 136 Å². The molecule has 2 aromatic heterocycles. The van der Waals surface area contributed by atoms with Gasteiger partial charge in [0.25, 0.3) is 0 Å². The second-order valence-corrected chi connectivity index (χ2v) is 12.5. The molecule has 1 atom stereocenters. The Balaban J connectivity index is 0.000000169. The van der Waals surface area contributed by atoms with Gasteiger partial charge < -0.3 is 10.2 Å². The molecule has 0 radical (unpaired) electrons. The fourth-order valence-corrected chi connectivity index (χ4v) is 6.96. The van der Waals surface area contributed by atoms with Crippen LogP contribution >= 0.6 is 11.6 Å². The molecule has 5 aromatic carbocycles. The number of pyridine rings is 2. The number of phenolic OH excluding ortho intramolecular Hbond substituents is 1. The van der Waals surface area contributed by atoms with Crippen LogP contribution in [0.25, 0.3) is 43.2 Å². The number of fused-ring (bicyclic) bond motifs is 8. The summed E-state index contributed by atoms with van der Waals surface area (Å²) in [5.41, 5.74) is 6.06. The number of phenols is 1. The molecule has 0 saturated carbocycles. The third kappa shape index (κ3) is 5.63. The van der Waals surface area contributed by atoms with Gasteiger partial charge in [0.05, 0.1) is 11.1 Å². The third-order valence-corrected chi connectivity index (χ3v) is 9.64. The number of aromatic nitrogens is 2. The van der Waals surface area contributed by atoms with Crippen LogP contribution < -0.4 is 0 Å². The smallest absolute Gasteiger partial charge is 0.336 e. The summed E-state index contributed by atoms with van der Waals surface area (Å²) in [6, 6.07) is 28.0. The molecular weight excluding hydrogens is 592 g/mol. The van der Waals surface area contributed by atoms with Crippen LogP contribution in [0.1, 0.15) is 52.4 Å². The van der Waals surface area contributed by atoms with Crippen LogP contribution in [0.5, 0.6) is 5.75 Å². The van der Waals surface area contributed by atoms with Gasteiger partial charge in [-0.05, 0) is 111 Å². The van der Waals surface area contributed by atoms with Crippen molar-refractivity contribution in [2.45, 2.75) is 39.0 Å². The summed E-state index contributed by atoms with van der Waals surface area (Å²) >= 11 is 6.00. The van der Waals surface area contributed by atoms with E-state index in [4.69, 9.17) is 16.7 Å². The number of hydrogen-bond donors (Lipinski definition) is 2. The van der Waals surface area contributed by atoms with E-state index in [0.717, 1.165) is 38.2 Å². The normalized spacial score (nSPS) is 14.3. The molecule has 0 fully saturated rings. The molecular formula is C40H33ClN2O3. The Kier molecular flexibility index (Phi) is 8.02. The highest BCUT2D eigenvalue weighted by Gasteiger charge is 2.20. The van der Waals surface area contributed by atoms with Gasteiger partial charge in [-0.3, -0.25) is 9.97 Å². The molecule has 2 N–H and O–H groups in total. The van der Waals surface area contributed by atoms with Gasteiger partial charge in [-0.25, -0.2) is 4.79 Å². The molecule has 0 amide bonds. The van der Waals surface area contributed by atoms with Gasteiger partial charge >= 0.3 is 5.97 Å². The van der Waals surface area contributed by atoms with Crippen molar-refractivity contribution < 1.29 is 15.0 Å². The number of carboxylic acid groups (broad SMARTS) is 1. The minimum atomic E-state index is -0.944. The van der Waals surface area contributed by atoms with Gasteiger partial charge in [0, 0.05) is 40.8 Å². The Morgan fingerprint density at radius 1 is 0.848 bits per heavy atom. The number of aryl methyl sites for hydroxylation is 1. The predicted molar refractivity (Wildman–Crippen MR) is 187 cm³/mol. The summed E-state index contributed by atoms with van der Waals surface area (Å²) in [4.78, 5) is 19.4. The van der Waals surface area contributed by atoms with Crippen LogP contribution in [-0.4, -0.2) is 26.2 Å². The Bertz CT molecular complexity index is 2260. The highest BCUT2D eigenvalue weighted by Crippen LogP contribution is 2.38. The molecule has 0 saturated heterocycles. The number of hydrogen-bond acceptors (Lipinski definition) is 4. The standard InChI is InChI=1S/C27H25ClO.C13H8N2O2/c1-2-17-3-6-19-7-11-24-23(25(19)14-17)12-8-20-15-21(27(29)16-26(20)24)13-18-4-9-22(28)10-5-18;16-13(17)10-4-6-15-12-9(10)2-1-8-3-5-14-7-11(8)12/h4-5,7-12,15-17,29H,2-3,6,13-14H2,1H3;1-7H,(H,16,17). The molecule has 46 heavy (non-hydrogen) atoms. The summed E-state index contributed by atoms with van der Waals surface area (Å²) in [5.74, 6) is 0.212. The predicted octanol–water partition coefficient (Wildman–Crippen LogP) is 9.94. The van der Waals surface area contributed by atoms with Crippen LogP contribution in [-0.2, 0) is 19.3 Å². The third-order valence-electron chi connectivity index (χ3n) is 9.38. The van der Waals surface area contributed by atoms with Crippen LogP contribution in [0, 0.1) is 5.92 Å². The number of rotatable bonds is 4. The van der Waals surface area contributed by atoms with Gasteiger partial charge in [-0.2, -0.15) is 0 Å². The van der Waals surface area contributed by atoms with Crippen molar-refractivity contribution in [3.8, 4) is 5.75 Å². The number of benzene rings is 5. The molecule has 0 bridgehead atoms. The summed E-state index contributed by atoms with van der Waals surface area (Å²) in [6.07, 6.45) is 10.5. The van der Waals surface area contributed by atoms with E-state index in [1.54, 1.807) is 18.5 Å². The van der Waals surface area contributed by atoms with E-state index in [1.165, 1.54) is 65.2 Å². The monoisotopic (exact) mass is 624 g/mol. The van der Waals surface area contributed by atoms with Crippen molar-refractivity contribution >= 4 is 60.8 Å². The number of carbonyl (C=O) groups is 1. The second kappa shape index (κ2) is 12.4. The summed E-state index contributed by atoms with van der Waals surface area (Å²) in [5, 5.41) is 28.1. The van der Waals surface area contributed by atoms with Crippen molar-refractivity contribution in [3.63, 3.8) is 0 Å². The maximum Gasteiger partial charge on any atom is 0.336 e. The van der Waals surface area contributed by atoms with Crippen molar-refractivity contribution in [1.29, 1.82) is 0 Å². The average Bonchev–Trinajstić information content (AvgIpc) is 3.09. The molecule has 228 valence electrons. The zero-order valence-electron chi connectivity index (χ0n) is 25.5. The topological polar surface area (TPSA) is 83.3 Å². The number of carboxylic acids is 1. The van der Waals surface area contributed by atoms with E-state index < -0.39 is 5.97 Å². The van der Waals surface area contributed by atoms with E-state index in [0.29, 0.717) is 23.1 Å². The molecule has 7 aromatic rings. The highest BCUT2D eigenvalue weighted by molar-refractivity contribution is 6.30. The SMILES string of the molecule is CCC1CCc2ccc3c(ccc4cc(Cc5ccc(Cl)cc5)c(O)cc43)c2C1.O=C(O)c1ccnc2c1ccc1ccncc12. The molecule has 1 unspecified atom stereocenters. The first-order valence-corrected chi connectivity index (χ1v) is 16.1. The fraction of sp³-hybridized carbons (Fsp3) is 0.175. The van der Waals surface area contributed by atoms with E-state index in [-0.39, 0.29) is 5.56 Å². The Morgan fingerprint density at radius 3 is 2.43 bits per heavy atom. The number of aromatic carboxylic acids is 1. The van der Waals surface area contributed by atoms with Crippen molar-refractivity contribution in [2.24, 2.45) is 5.92 Å². The minimum Gasteiger partial charge on any atom is -0.508 e. The summed E-state index contributed by atoms with van der Waals surface area (Å²) < 4.78 is 0. The lowest BCUT2D eigenvalue weighted by molar-refractivity contribution is 0.0699. The number of nitrogens with zero attached hydrogens (tertiary/aromatic N) is 2. The quantitative estimate of drug-likeness (QED) is 0.190. The van der Waals surface area contributed by atoms with Crippen LogP contribution in [0.2, 0.25) is 5.02 Å². The van der Waals surface area contributed by atoms with E-state index >= 15 is 0 Å². The van der Waals surface area contributed by atoms with E-state index in [2.05, 4.69) is 47.2 Å². The van der Waals surface area contributed by atoms with Crippen LogP contribution in [0.4, 0.5) is 0 Å². The lowest BCUT2D eigenvalue weighted by Crippen LogP contribution is -2.13. The van der Waals surface area contributed by atoms with Crippen LogP contribution in [0.3, 0.4) is 0 Å². The van der Waals surface area contributed by atoms with Crippen molar-refractivity contribution in [2.75, 3.05) is 0 Å². The van der Waals surface area contributed by atoms with E-state index in [9.17, 15) is 9.90 Å². The molecule has 5 nitrogen and oxygen atoms in total. The Morgan fingerprint density at radius 2 is 1.63 bits per heavy atom. The zero-order valence-corrected chi connectivity index (χ0v) is 26.3. The first kappa shape index (κ1) is 29.7. The molecule has 0 spiro atoms. The average molecular weight is 625 g/mol. The molecule has 1 aliphatic carbocycles. The van der Waals surface area contributed by atoms with Crippen molar-refractivity contribution in [1.82, 2.24) is 9.97 Å². The molecule has 2 heterocycles. The van der Waals surface area contributed by atoms with Gasteiger partial charge in [0.15, 0.2) is 0 Å². The minimum absolute atomic E-state index is 0.265. The second-order valence-electron chi connectivity index (χ2n) is 12.1. The summed E-state index contributed by atoms with van der Waals surface area (Å²) in [7, 11) is 0. The summed E-state index contributed by atoms with van der Waals surface area (Å²) in [6.45, 7) is 2.30. The first-order valence-electron chi connectivity index (χ1n) is 15.7. The van der Waals surface area contributed by atoms with Gasteiger partial charge in [-0.15, -0.1) is 0 Å². The maximum atomic E-state index is 11.1. The Labute approximate surface area is 272 Å².